The van der Waals surface area contributed by atoms with Gasteiger partial charge >= 0.3 is 6.18 Å². The first kappa shape index (κ1) is 24.9. The van der Waals surface area contributed by atoms with E-state index in [0.717, 1.165) is 34.4 Å². The van der Waals surface area contributed by atoms with Crippen molar-refractivity contribution >= 4 is 35.2 Å². The molecule has 3 heterocycles. The topological polar surface area (TPSA) is 69.7 Å². The molecule has 3 aromatic rings. The molecule has 4 unspecified atom stereocenters. The van der Waals surface area contributed by atoms with Gasteiger partial charge in [-0.2, -0.15) is 13.2 Å². The molecular weight excluding hydrogens is 507 g/mol. The van der Waals surface area contributed by atoms with Gasteiger partial charge in [0.2, 0.25) is 17.7 Å². The lowest BCUT2D eigenvalue weighted by Crippen LogP contribution is -2.46. The summed E-state index contributed by atoms with van der Waals surface area (Å²) in [6.45, 7) is 3.73. The average molecular weight is 532 g/mol. The molecule has 2 fully saturated rings. The van der Waals surface area contributed by atoms with E-state index >= 15 is 0 Å². The maximum atomic E-state index is 14.0. The van der Waals surface area contributed by atoms with Crippen LogP contribution in [0.2, 0.25) is 0 Å². The predicted octanol–water partition coefficient (Wildman–Crippen LogP) is 5.48. The van der Waals surface area contributed by atoms with E-state index in [1.807, 2.05) is 56.3 Å². The maximum Gasteiger partial charge on any atom is 0.416 e. The Balaban J connectivity index is 1.43. The summed E-state index contributed by atoms with van der Waals surface area (Å²) < 4.78 is 39.8. The second kappa shape index (κ2) is 8.83. The van der Waals surface area contributed by atoms with Crippen LogP contribution in [-0.2, 0) is 20.6 Å². The van der Waals surface area contributed by atoms with E-state index in [1.54, 1.807) is 17.2 Å². The number of amides is 3. The van der Waals surface area contributed by atoms with Crippen molar-refractivity contribution in [2.75, 3.05) is 10.2 Å². The number of carbonyl (C=O) groups excluding carboxylic acids is 3. The fraction of sp³-hybridized carbons (Fsp3) is 0.233. The van der Waals surface area contributed by atoms with Crippen LogP contribution in [0.1, 0.15) is 33.9 Å². The van der Waals surface area contributed by atoms with Crippen LogP contribution >= 0.6 is 0 Å². The molecule has 9 heteroatoms. The van der Waals surface area contributed by atoms with E-state index < -0.39 is 53.4 Å². The third-order valence-corrected chi connectivity index (χ3v) is 7.78. The fourth-order valence-electron chi connectivity index (χ4n) is 6.14. The van der Waals surface area contributed by atoms with Crippen LogP contribution in [0.15, 0.2) is 72.9 Å². The van der Waals surface area contributed by atoms with Gasteiger partial charge in [0.15, 0.2) is 0 Å². The highest BCUT2D eigenvalue weighted by Gasteiger charge is 2.64. The molecular formula is C30H24F3N3O3. The van der Waals surface area contributed by atoms with Crippen LogP contribution in [0.4, 0.5) is 24.5 Å². The molecule has 0 radical (unpaired) electrons. The molecule has 0 bridgehead atoms. The van der Waals surface area contributed by atoms with Crippen LogP contribution in [0.25, 0.3) is 6.08 Å². The van der Waals surface area contributed by atoms with E-state index in [1.165, 1.54) is 17.0 Å². The lowest BCUT2D eigenvalue weighted by Gasteiger charge is -2.35. The molecule has 3 aliphatic rings. The molecule has 4 atom stereocenters. The molecule has 39 heavy (non-hydrogen) atoms. The Kier molecular flexibility index (Phi) is 5.64. The second-order valence-corrected chi connectivity index (χ2v) is 10.2. The number of alkyl halides is 3. The first-order valence-electron chi connectivity index (χ1n) is 12.5. The van der Waals surface area contributed by atoms with E-state index in [0.29, 0.717) is 5.69 Å². The van der Waals surface area contributed by atoms with Gasteiger partial charge in [-0.3, -0.25) is 14.4 Å². The number of carbonyl (C=O) groups is 3. The molecule has 0 aliphatic carbocycles. The average Bonchev–Trinajstić information content (AvgIpc) is 3.37. The Morgan fingerprint density at radius 3 is 2.38 bits per heavy atom. The number of halogens is 3. The Morgan fingerprint density at radius 2 is 1.64 bits per heavy atom. The smallest absolute Gasteiger partial charge is 0.357 e. The Morgan fingerprint density at radius 1 is 0.897 bits per heavy atom. The normalized spacial score (nSPS) is 23.5. The molecule has 198 valence electrons. The largest absolute Gasteiger partial charge is 0.416 e. The zero-order chi connectivity index (χ0) is 27.6. The summed E-state index contributed by atoms with van der Waals surface area (Å²) in [6.07, 6.45) is -1.07. The number of fused-ring (bicyclic) bond motifs is 5. The molecule has 3 amide bonds. The van der Waals surface area contributed by atoms with Gasteiger partial charge in [0.25, 0.3) is 0 Å². The van der Waals surface area contributed by atoms with E-state index in [9.17, 15) is 27.6 Å². The maximum absolute atomic E-state index is 14.0. The molecule has 0 aromatic heterocycles. The molecule has 1 N–H and O–H groups in total. The van der Waals surface area contributed by atoms with Gasteiger partial charge in [0.1, 0.15) is 6.04 Å². The number of rotatable bonds is 3. The third-order valence-electron chi connectivity index (χ3n) is 7.78. The highest BCUT2D eigenvalue weighted by molar-refractivity contribution is 6.24. The van der Waals surface area contributed by atoms with Crippen LogP contribution < -0.4 is 10.2 Å². The monoisotopic (exact) mass is 531 g/mol. The first-order valence-corrected chi connectivity index (χ1v) is 12.5. The molecule has 2 saturated heterocycles. The molecule has 3 aromatic carbocycles. The van der Waals surface area contributed by atoms with Gasteiger partial charge in [0, 0.05) is 11.9 Å². The number of anilines is 2. The van der Waals surface area contributed by atoms with Gasteiger partial charge in [-0.15, -0.1) is 0 Å². The van der Waals surface area contributed by atoms with Crippen LogP contribution in [0.5, 0.6) is 0 Å². The van der Waals surface area contributed by atoms with E-state index in [4.69, 9.17) is 0 Å². The highest BCUT2D eigenvalue weighted by atomic mass is 19.4. The Labute approximate surface area is 222 Å². The van der Waals surface area contributed by atoms with Gasteiger partial charge in [0.05, 0.1) is 29.1 Å². The third kappa shape index (κ3) is 3.91. The predicted molar refractivity (Wildman–Crippen MR) is 139 cm³/mol. The van der Waals surface area contributed by atoms with Crippen molar-refractivity contribution in [2.24, 2.45) is 11.8 Å². The molecule has 6 rings (SSSR count). The van der Waals surface area contributed by atoms with E-state index in [2.05, 4.69) is 5.32 Å². The molecule has 3 aliphatic heterocycles. The fourth-order valence-corrected chi connectivity index (χ4v) is 6.14. The number of aryl methyl sites for hydroxylation is 2. The molecule has 0 spiro atoms. The zero-order valence-electron chi connectivity index (χ0n) is 21.1. The summed E-state index contributed by atoms with van der Waals surface area (Å²) in [7, 11) is 0. The van der Waals surface area contributed by atoms with Crippen molar-refractivity contribution < 1.29 is 27.6 Å². The quantitative estimate of drug-likeness (QED) is 0.455. The van der Waals surface area contributed by atoms with Crippen molar-refractivity contribution in [2.45, 2.75) is 32.1 Å². The number of imide groups is 1. The number of nitrogens with zero attached hydrogens (tertiary/aromatic N) is 2. The van der Waals surface area contributed by atoms with Crippen molar-refractivity contribution in [1.29, 1.82) is 0 Å². The van der Waals surface area contributed by atoms with E-state index in [-0.39, 0.29) is 5.69 Å². The minimum Gasteiger partial charge on any atom is -0.357 e. The zero-order valence-corrected chi connectivity index (χ0v) is 21.1. The number of hydrogen-bond acceptors (Lipinski definition) is 4. The molecule has 6 nitrogen and oxygen atoms in total. The van der Waals surface area contributed by atoms with Crippen molar-refractivity contribution in [1.82, 2.24) is 4.90 Å². The lowest BCUT2D eigenvalue weighted by atomic mass is 9.84. The summed E-state index contributed by atoms with van der Waals surface area (Å²) in [5, 5.41) is 2.58. The lowest BCUT2D eigenvalue weighted by molar-refractivity contribution is -0.137. The number of hydrogen-bond donors (Lipinski definition) is 1. The summed E-state index contributed by atoms with van der Waals surface area (Å²) in [6, 6.07) is 15.6. The van der Waals surface area contributed by atoms with Gasteiger partial charge < -0.3 is 10.2 Å². The Bertz CT molecular complexity index is 1560. The highest BCUT2D eigenvalue weighted by Crippen LogP contribution is 2.53. The van der Waals surface area contributed by atoms with Crippen LogP contribution in [-0.4, -0.2) is 28.7 Å². The SMILES string of the molecule is Cc1ccc(N2C(=O)C3C(C2=O)C2c4ccccc4C=CN2C3C(=O)Nc2cccc(C(F)(F)F)c2)c(C)c1. The van der Waals surface area contributed by atoms with Crippen molar-refractivity contribution in [3.63, 3.8) is 0 Å². The van der Waals surface area contributed by atoms with Crippen LogP contribution in [0, 0.1) is 25.7 Å². The second-order valence-electron chi connectivity index (χ2n) is 10.2. The number of benzene rings is 3. The van der Waals surface area contributed by atoms with Gasteiger partial charge in [-0.05, 0) is 60.9 Å². The number of nitrogens with one attached hydrogen (secondary N) is 1. The van der Waals surface area contributed by atoms with Crippen LogP contribution in [0.3, 0.4) is 0 Å². The standard InChI is InChI=1S/C30H24F3N3O3/c1-16-10-11-22(17(2)14-16)36-28(38)23-24(29(36)39)26(35-13-12-18-6-3-4-9-21(18)25(23)35)27(37)34-20-8-5-7-19(15-20)30(31,32)33/h3-15,23-26H,1-2H3,(H,34,37). The summed E-state index contributed by atoms with van der Waals surface area (Å²) in [5.41, 5.74) is 2.94. The van der Waals surface area contributed by atoms with Gasteiger partial charge in [-0.25, -0.2) is 4.90 Å². The summed E-state index contributed by atoms with van der Waals surface area (Å²) >= 11 is 0. The summed E-state index contributed by atoms with van der Waals surface area (Å²) in [4.78, 5) is 44.6. The molecule has 0 saturated carbocycles. The minimum absolute atomic E-state index is 0.0424. The summed E-state index contributed by atoms with van der Waals surface area (Å²) in [5.74, 6) is -3.42. The first-order chi connectivity index (χ1) is 18.6. The van der Waals surface area contributed by atoms with Gasteiger partial charge in [-0.1, -0.05) is 48.0 Å². The van der Waals surface area contributed by atoms with Crippen molar-refractivity contribution in [3.05, 3.63) is 101 Å². The van der Waals surface area contributed by atoms with Crippen molar-refractivity contribution in [3.8, 4) is 0 Å². The Hall–Kier alpha value is -4.40. The minimum atomic E-state index is -4.58.